The lowest BCUT2D eigenvalue weighted by molar-refractivity contribution is -0.139. The number of hydrogen-bond donors (Lipinski definition) is 0. The van der Waals surface area contributed by atoms with E-state index in [4.69, 9.17) is 9.47 Å². The van der Waals surface area contributed by atoms with E-state index in [0.717, 1.165) is 11.1 Å². The van der Waals surface area contributed by atoms with Crippen LogP contribution >= 0.6 is 0 Å². The minimum absolute atomic E-state index is 0.347. The first kappa shape index (κ1) is 14.1. The van der Waals surface area contributed by atoms with E-state index >= 15 is 0 Å². The largest absolute Gasteiger partial charge is 0.493 e. The lowest BCUT2D eigenvalue weighted by Crippen LogP contribution is -2.09. The van der Waals surface area contributed by atoms with Gasteiger partial charge in [0.15, 0.2) is 0 Å². The van der Waals surface area contributed by atoms with Crippen molar-refractivity contribution in [3.8, 4) is 5.75 Å². The summed E-state index contributed by atoms with van der Waals surface area (Å²) in [7, 11) is 0. The van der Waals surface area contributed by atoms with Crippen molar-refractivity contribution in [3.63, 3.8) is 0 Å². The molecule has 0 aliphatic heterocycles. The maximum Gasteiger partial charge on any atom is 0.333 e. The van der Waals surface area contributed by atoms with E-state index in [9.17, 15) is 4.79 Å². The fourth-order valence-corrected chi connectivity index (χ4v) is 1.79. The van der Waals surface area contributed by atoms with Gasteiger partial charge in [-0.3, -0.25) is 0 Å². The van der Waals surface area contributed by atoms with Gasteiger partial charge in [0, 0.05) is 12.0 Å². The van der Waals surface area contributed by atoms with Gasteiger partial charge in [-0.2, -0.15) is 0 Å². The number of carbonyl (C=O) groups is 1. The molecule has 0 unspecified atom stereocenters. The Morgan fingerprint density at radius 2 is 1.85 bits per heavy atom. The highest BCUT2D eigenvalue weighted by molar-refractivity contribution is 5.86. The molecule has 0 saturated heterocycles. The molecule has 0 saturated carbocycles. The zero-order valence-electron chi connectivity index (χ0n) is 11.6. The minimum Gasteiger partial charge on any atom is -0.493 e. The normalized spacial score (nSPS) is 10.2. The summed E-state index contributed by atoms with van der Waals surface area (Å²) in [6, 6.07) is 14.1. The number of rotatable bonds is 6. The predicted octanol–water partition coefficient (Wildman–Crippen LogP) is 3.73. The average molecular weight is 270 g/mol. The minimum atomic E-state index is -0.351. The smallest absolute Gasteiger partial charge is 0.333 e. The Bertz CT molecular complexity index is 616. The molecule has 0 aromatic heterocycles. The van der Waals surface area contributed by atoms with Crippen molar-refractivity contribution in [1.29, 1.82) is 0 Å². The lowest BCUT2D eigenvalue weighted by Gasteiger charge is -2.08. The van der Waals surface area contributed by atoms with Crippen molar-refractivity contribution in [2.24, 2.45) is 0 Å². The van der Waals surface area contributed by atoms with Crippen LogP contribution in [0.3, 0.4) is 0 Å². The van der Waals surface area contributed by atoms with Crippen LogP contribution in [0, 0.1) is 0 Å². The van der Waals surface area contributed by atoms with Gasteiger partial charge in [0.1, 0.15) is 5.75 Å². The van der Waals surface area contributed by atoms with Crippen molar-refractivity contribution in [2.75, 3.05) is 13.2 Å². The van der Waals surface area contributed by atoms with Gasteiger partial charge < -0.3 is 9.47 Å². The van der Waals surface area contributed by atoms with Gasteiger partial charge in [0.25, 0.3) is 0 Å². The molecule has 0 amide bonds. The average Bonchev–Trinajstić information content (AvgIpc) is 2.46. The van der Waals surface area contributed by atoms with E-state index < -0.39 is 0 Å². The Kier molecular flexibility index (Phi) is 4.77. The molecule has 0 atom stereocenters. The number of fused-ring (bicyclic) bond motifs is 1. The first-order valence-corrected chi connectivity index (χ1v) is 6.61. The standard InChI is InChI=1S/C17H18O3/c1-13(2)17(18)20-11-5-10-19-16-9-8-14-6-3-4-7-15(14)12-16/h3-4,6-9,12H,1,5,10-11H2,2H3. The molecule has 3 heteroatoms. The molecule has 0 radical (unpaired) electrons. The van der Waals surface area contributed by atoms with Gasteiger partial charge in [-0.1, -0.05) is 36.9 Å². The summed E-state index contributed by atoms with van der Waals surface area (Å²) >= 11 is 0. The lowest BCUT2D eigenvalue weighted by atomic mass is 10.1. The highest BCUT2D eigenvalue weighted by Crippen LogP contribution is 2.20. The Morgan fingerprint density at radius 1 is 1.10 bits per heavy atom. The van der Waals surface area contributed by atoms with Crippen LogP contribution in [-0.4, -0.2) is 19.2 Å². The third-order valence-corrected chi connectivity index (χ3v) is 2.86. The van der Waals surface area contributed by atoms with Crippen LogP contribution in [-0.2, 0) is 9.53 Å². The molecule has 0 aliphatic rings. The topological polar surface area (TPSA) is 35.5 Å². The molecule has 0 aliphatic carbocycles. The summed E-state index contributed by atoms with van der Waals surface area (Å²) in [4.78, 5) is 11.2. The van der Waals surface area contributed by atoms with E-state index in [1.165, 1.54) is 5.39 Å². The Labute approximate surface area is 118 Å². The third kappa shape index (κ3) is 3.85. The molecule has 2 aromatic rings. The quantitative estimate of drug-likeness (QED) is 0.456. The summed E-state index contributed by atoms with van der Waals surface area (Å²) in [5, 5.41) is 2.34. The third-order valence-electron chi connectivity index (χ3n) is 2.86. The fourth-order valence-electron chi connectivity index (χ4n) is 1.79. The molecule has 104 valence electrons. The maximum absolute atomic E-state index is 11.2. The maximum atomic E-state index is 11.2. The van der Waals surface area contributed by atoms with Crippen molar-refractivity contribution in [1.82, 2.24) is 0 Å². The van der Waals surface area contributed by atoms with Crippen LogP contribution in [0.4, 0.5) is 0 Å². The summed E-state index contributed by atoms with van der Waals surface area (Å²) in [6.45, 7) is 6.02. The molecule has 0 fully saturated rings. The van der Waals surface area contributed by atoms with Crippen LogP contribution in [0.1, 0.15) is 13.3 Å². The number of ether oxygens (including phenoxy) is 2. The van der Waals surface area contributed by atoms with E-state index in [0.29, 0.717) is 25.2 Å². The van der Waals surface area contributed by atoms with Gasteiger partial charge >= 0.3 is 5.97 Å². The van der Waals surface area contributed by atoms with Crippen molar-refractivity contribution >= 4 is 16.7 Å². The summed E-state index contributed by atoms with van der Waals surface area (Å²) in [5.41, 5.74) is 0.417. The first-order valence-electron chi connectivity index (χ1n) is 6.61. The fraction of sp³-hybridized carbons (Fsp3) is 0.235. The van der Waals surface area contributed by atoms with Gasteiger partial charge in [-0.05, 0) is 29.8 Å². The molecule has 2 rings (SSSR count). The summed E-state index contributed by atoms with van der Waals surface area (Å²) < 4.78 is 10.6. The summed E-state index contributed by atoms with van der Waals surface area (Å²) in [5.74, 6) is 0.477. The second kappa shape index (κ2) is 6.75. The van der Waals surface area contributed by atoms with Crippen LogP contribution in [0.25, 0.3) is 10.8 Å². The molecule has 0 bridgehead atoms. The number of benzene rings is 2. The van der Waals surface area contributed by atoms with E-state index in [-0.39, 0.29) is 5.97 Å². The first-order chi connectivity index (χ1) is 9.66. The number of esters is 1. The number of carbonyl (C=O) groups excluding carboxylic acids is 1. The van der Waals surface area contributed by atoms with Crippen LogP contribution in [0.15, 0.2) is 54.6 Å². The van der Waals surface area contributed by atoms with Crippen LogP contribution < -0.4 is 4.74 Å². The highest BCUT2D eigenvalue weighted by atomic mass is 16.5. The zero-order chi connectivity index (χ0) is 14.4. The van der Waals surface area contributed by atoms with Gasteiger partial charge in [-0.25, -0.2) is 4.79 Å². The number of hydrogen-bond acceptors (Lipinski definition) is 3. The summed E-state index contributed by atoms with van der Waals surface area (Å²) in [6.07, 6.45) is 0.659. The van der Waals surface area contributed by atoms with Gasteiger partial charge in [-0.15, -0.1) is 0 Å². The molecule has 0 N–H and O–H groups in total. The molecular formula is C17H18O3. The van der Waals surface area contributed by atoms with E-state index in [1.54, 1.807) is 6.92 Å². The molecule has 2 aromatic carbocycles. The van der Waals surface area contributed by atoms with Crippen LogP contribution in [0.5, 0.6) is 5.75 Å². The Balaban J connectivity index is 1.78. The van der Waals surface area contributed by atoms with Crippen molar-refractivity contribution in [2.45, 2.75) is 13.3 Å². The molecule has 0 spiro atoms. The van der Waals surface area contributed by atoms with Gasteiger partial charge in [0.2, 0.25) is 0 Å². The van der Waals surface area contributed by atoms with Crippen LogP contribution in [0.2, 0.25) is 0 Å². The molecule has 3 nitrogen and oxygen atoms in total. The molecular weight excluding hydrogens is 252 g/mol. The Hall–Kier alpha value is -2.29. The zero-order valence-corrected chi connectivity index (χ0v) is 11.6. The predicted molar refractivity (Wildman–Crippen MR) is 79.8 cm³/mol. The monoisotopic (exact) mass is 270 g/mol. The SMILES string of the molecule is C=C(C)C(=O)OCCCOc1ccc2ccccc2c1. The van der Waals surface area contributed by atoms with Gasteiger partial charge in [0.05, 0.1) is 13.2 Å². The second-order valence-electron chi connectivity index (χ2n) is 4.63. The second-order valence-corrected chi connectivity index (χ2v) is 4.63. The molecule has 0 heterocycles. The Morgan fingerprint density at radius 3 is 2.60 bits per heavy atom. The van der Waals surface area contributed by atoms with Crippen molar-refractivity contribution < 1.29 is 14.3 Å². The van der Waals surface area contributed by atoms with E-state index in [2.05, 4.69) is 18.7 Å². The van der Waals surface area contributed by atoms with E-state index in [1.807, 2.05) is 30.3 Å². The molecule has 20 heavy (non-hydrogen) atoms. The van der Waals surface area contributed by atoms with Crippen molar-refractivity contribution in [3.05, 3.63) is 54.6 Å². The highest BCUT2D eigenvalue weighted by Gasteiger charge is 2.02.